The molecule has 1 aliphatic carbocycles. The fraction of sp³-hybridized carbons (Fsp3) is 0.500. The van der Waals surface area contributed by atoms with Crippen molar-refractivity contribution in [2.45, 2.75) is 38.6 Å². The van der Waals surface area contributed by atoms with Gasteiger partial charge in [-0.3, -0.25) is 19.3 Å². The number of benzene rings is 1. The minimum Gasteiger partial charge on any atom is -0.497 e. The fourth-order valence-electron chi connectivity index (χ4n) is 3.89. The molecule has 2 fully saturated rings. The van der Waals surface area contributed by atoms with E-state index in [2.05, 4.69) is 0 Å². The van der Waals surface area contributed by atoms with E-state index in [9.17, 15) is 19.2 Å². The first-order valence-electron chi connectivity index (χ1n) is 9.33. The van der Waals surface area contributed by atoms with E-state index in [0.29, 0.717) is 12.2 Å². The molecular formula is C20H24N2O6. The van der Waals surface area contributed by atoms with Crippen LogP contribution in [-0.4, -0.2) is 60.2 Å². The Morgan fingerprint density at radius 2 is 1.79 bits per heavy atom. The van der Waals surface area contributed by atoms with Crippen LogP contribution in [-0.2, 0) is 9.59 Å². The van der Waals surface area contributed by atoms with Gasteiger partial charge in [-0.2, -0.15) is 0 Å². The van der Waals surface area contributed by atoms with E-state index in [4.69, 9.17) is 9.47 Å². The summed E-state index contributed by atoms with van der Waals surface area (Å²) in [5.41, 5.74) is 0.209. The summed E-state index contributed by atoms with van der Waals surface area (Å²) < 4.78 is 10.3. The molecule has 8 heteroatoms. The molecule has 0 N–H and O–H groups in total. The molecule has 0 aromatic heterocycles. The quantitative estimate of drug-likeness (QED) is 0.422. The van der Waals surface area contributed by atoms with E-state index in [0.717, 1.165) is 29.1 Å². The van der Waals surface area contributed by atoms with Gasteiger partial charge in [0.05, 0.1) is 26.3 Å². The average molecular weight is 388 g/mol. The summed E-state index contributed by atoms with van der Waals surface area (Å²) in [6.07, 6.45) is 3.53. The number of carbonyl (C=O) groups excluding carboxylic acids is 4. The molecule has 1 saturated carbocycles. The van der Waals surface area contributed by atoms with Crippen molar-refractivity contribution >= 4 is 23.6 Å². The monoisotopic (exact) mass is 388 g/mol. The van der Waals surface area contributed by atoms with Crippen molar-refractivity contribution in [1.29, 1.82) is 0 Å². The minimum absolute atomic E-state index is 0.131. The van der Waals surface area contributed by atoms with Crippen molar-refractivity contribution in [3.8, 4) is 11.5 Å². The van der Waals surface area contributed by atoms with Crippen LogP contribution < -0.4 is 9.47 Å². The van der Waals surface area contributed by atoms with Crippen LogP contribution in [0.15, 0.2) is 18.2 Å². The zero-order valence-electron chi connectivity index (χ0n) is 16.3. The highest BCUT2D eigenvalue weighted by Gasteiger charge is 2.49. The van der Waals surface area contributed by atoms with Crippen molar-refractivity contribution in [2.75, 3.05) is 20.8 Å². The van der Waals surface area contributed by atoms with Crippen LogP contribution in [0.3, 0.4) is 0 Å². The highest BCUT2D eigenvalue weighted by Crippen LogP contribution is 2.31. The van der Waals surface area contributed by atoms with Gasteiger partial charge in [0.15, 0.2) is 5.78 Å². The Balaban J connectivity index is 1.80. The molecule has 150 valence electrons. The first-order valence-corrected chi connectivity index (χ1v) is 9.33. The maximum atomic E-state index is 12.8. The molecule has 1 saturated heterocycles. The number of rotatable bonds is 6. The van der Waals surface area contributed by atoms with Gasteiger partial charge < -0.3 is 9.47 Å². The lowest BCUT2D eigenvalue weighted by molar-refractivity contribution is -0.144. The molecule has 28 heavy (non-hydrogen) atoms. The summed E-state index contributed by atoms with van der Waals surface area (Å²) in [7, 11) is 2.90. The SMILES string of the molecule is COc1ccc(C(=O)CN2C(=O)C(=O)N([C@H]3CCCC[C@H]3C)C2=O)c(OC)c1. The fourth-order valence-corrected chi connectivity index (χ4v) is 3.89. The lowest BCUT2D eigenvalue weighted by atomic mass is 9.85. The van der Waals surface area contributed by atoms with Gasteiger partial charge in [0, 0.05) is 12.1 Å². The first-order chi connectivity index (χ1) is 13.4. The molecule has 1 aromatic carbocycles. The molecular weight excluding hydrogens is 364 g/mol. The Kier molecular flexibility index (Phi) is 5.67. The van der Waals surface area contributed by atoms with Crippen molar-refractivity contribution in [2.24, 2.45) is 5.92 Å². The van der Waals surface area contributed by atoms with Crippen molar-refractivity contribution in [1.82, 2.24) is 9.80 Å². The molecule has 1 aromatic rings. The predicted molar refractivity (Wildman–Crippen MR) is 99.3 cm³/mol. The Morgan fingerprint density at radius 1 is 1.07 bits per heavy atom. The first kappa shape index (κ1) is 19.9. The van der Waals surface area contributed by atoms with Crippen LogP contribution in [0, 0.1) is 5.92 Å². The molecule has 0 radical (unpaired) electrons. The Hall–Kier alpha value is -2.90. The third kappa shape index (κ3) is 3.46. The largest absolute Gasteiger partial charge is 0.497 e. The smallest absolute Gasteiger partial charge is 0.334 e. The summed E-state index contributed by atoms with van der Waals surface area (Å²) in [6, 6.07) is 3.63. The van der Waals surface area contributed by atoms with Gasteiger partial charge in [0.1, 0.15) is 11.5 Å². The summed E-state index contributed by atoms with van der Waals surface area (Å²) in [5, 5.41) is 0. The summed E-state index contributed by atoms with van der Waals surface area (Å²) in [5.74, 6) is -1.39. The number of Topliss-reactive ketones (excluding diaryl/α,β-unsaturated/α-hetero) is 1. The lowest BCUT2D eigenvalue weighted by Crippen LogP contribution is -2.46. The number of hydrogen-bond acceptors (Lipinski definition) is 6. The highest BCUT2D eigenvalue weighted by molar-refractivity contribution is 6.45. The summed E-state index contributed by atoms with van der Waals surface area (Å²) >= 11 is 0. The number of ether oxygens (including phenoxy) is 2. The van der Waals surface area contributed by atoms with E-state index < -0.39 is 30.2 Å². The third-order valence-corrected chi connectivity index (χ3v) is 5.49. The molecule has 0 unspecified atom stereocenters. The van der Waals surface area contributed by atoms with E-state index in [1.54, 1.807) is 12.1 Å². The van der Waals surface area contributed by atoms with Gasteiger partial charge in [-0.25, -0.2) is 9.69 Å². The van der Waals surface area contributed by atoms with Crippen LogP contribution >= 0.6 is 0 Å². The molecule has 1 aliphatic heterocycles. The molecule has 1 heterocycles. The van der Waals surface area contributed by atoms with E-state index in [1.807, 2.05) is 6.92 Å². The zero-order chi connectivity index (χ0) is 20.4. The minimum atomic E-state index is -0.955. The lowest BCUT2D eigenvalue weighted by Gasteiger charge is -2.34. The van der Waals surface area contributed by atoms with Crippen molar-refractivity contribution in [3.05, 3.63) is 23.8 Å². The number of ketones is 1. The van der Waals surface area contributed by atoms with Gasteiger partial charge in [-0.15, -0.1) is 0 Å². The van der Waals surface area contributed by atoms with Gasteiger partial charge >= 0.3 is 17.8 Å². The van der Waals surface area contributed by atoms with Gasteiger partial charge in [0.25, 0.3) is 0 Å². The standard InChI is InChI=1S/C20H24N2O6/c1-12-6-4-5-7-15(12)22-19(25)18(24)21(20(22)26)11-16(23)14-9-8-13(27-2)10-17(14)28-3/h8-10,12,15H,4-7,11H2,1-3H3/t12-,15+/m1/s1. The second-order valence-electron chi connectivity index (χ2n) is 7.17. The molecule has 2 atom stereocenters. The number of carbonyl (C=O) groups is 4. The topological polar surface area (TPSA) is 93.2 Å². The van der Waals surface area contributed by atoms with E-state index in [-0.39, 0.29) is 23.3 Å². The summed E-state index contributed by atoms with van der Waals surface area (Å²) in [6.45, 7) is 1.47. The van der Waals surface area contributed by atoms with Crippen LogP contribution in [0.25, 0.3) is 0 Å². The molecule has 4 amide bonds. The third-order valence-electron chi connectivity index (χ3n) is 5.49. The normalized spacial score (nSPS) is 22.6. The van der Waals surface area contributed by atoms with Crippen LogP contribution in [0.4, 0.5) is 4.79 Å². The molecule has 8 nitrogen and oxygen atoms in total. The Morgan fingerprint density at radius 3 is 2.43 bits per heavy atom. The number of nitrogens with zero attached hydrogens (tertiary/aromatic N) is 2. The van der Waals surface area contributed by atoms with Crippen molar-refractivity contribution < 1.29 is 28.7 Å². The molecule has 0 spiro atoms. The van der Waals surface area contributed by atoms with Crippen LogP contribution in [0.1, 0.15) is 43.0 Å². The average Bonchev–Trinajstić information content (AvgIpc) is 2.91. The summed E-state index contributed by atoms with van der Waals surface area (Å²) in [4.78, 5) is 52.2. The van der Waals surface area contributed by atoms with Crippen LogP contribution in [0.2, 0.25) is 0 Å². The number of imide groups is 2. The number of amides is 4. The maximum Gasteiger partial charge on any atom is 0.334 e. The van der Waals surface area contributed by atoms with Crippen molar-refractivity contribution in [3.63, 3.8) is 0 Å². The van der Waals surface area contributed by atoms with Gasteiger partial charge in [0.2, 0.25) is 0 Å². The molecule has 3 rings (SSSR count). The second kappa shape index (κ2) is 8.00. The van der Waals surface area contributed by atoms with Gasteiger partial charge in [-0.05, 0) is 30.9 Å². The van der Waals surface area contributed by atoms with E-state index >= 15 is 0 Å². The van der Waals surface area contributed by atoms with Gasteiger partial charge in [-0.1, -0.05) is 19.8 Å². The number of hydrogen-bond donors (Lipinski definition) is 0. The molecule has 0 bridgehead atoms. The van der Waals surface area contributed by atoms with Crippen LogP contribution in [0.5, 0.6) is 11.5 Å². The number of methoxy groups -OCH3 is 2. The van der Waals surface area contributed by atoms with E-state index in [1.165, 1.54) is 20.3 Å². The molecule has 2 aliphatic rings. The Labute approximate surface area is 163 Å². The highest BCUT2D eigenvalue weighted by atomic mass is 16.5. The second-order valence-corrected chi connectivity index (χ2v) is 7.17. The predicted octanol–water partition coefficient (Wildman–Crippen LogP) is 2.26. The maximum absolute atomic E-state index is 12.8. The zero-order valence-corrected chi connectivity index (χ0v) is 16.3. The Bertz CT molecular complexity index is 821. The number of urea groups is 1.